The molecule has 0 aliphatic carbocycles. The highest BCUT2D eigenvalue weighted by Gasteiger charge is 2.43. The summed E-state index contributed by atoms with van der Waals surface area (Å²) in [5, 5.41) is 12.6. The van der Waals surface area contributed by atoms with Crippen LogP contribution < -0.4 is 0 Å². The summed E-state index contributed by atoms with van der Waals surface area (Å²) in [6.07, 6.45) is 1.43. The molecule has 0 N–H and O–H groups in total. The highest BCUT2D eigenvalue weighted by Crippen LogP contribution is 2.17. The van der Waals surface area contributed by atoms with Crippen molar-refractivity contribution in [2.45, 2.75) is 18.9 Å². The average molecular weight is 256 g/mol. The molecule has 98 valence electrons. The topological polar surface area (TPSA) is 105 Å². The van der Waals surface area contributed by atoms with Crippen molar-refractivity contribution in [2.75, 3.05) is 20.2 Å². The lowest BCUT2D eigenvalue weighted by Crippen LogP contribution is -2.39. The van der Waals surface area contributed by atoms with Gasteiger partial charge in [0.25, 0.3) is 5.96 Å². The van der Waals surface area contributed by atoms with Crippen LogP contribution in [0.25, 0.3) is 0 Å². The van der Waals surface area contributed by atoms with Crippen molar-refractivity contribution in [3.05, 3.63) is 10.1 Å². The van der Waals surface area contributed by atoms with E-state index in [1.807, 2.05) is 0 Å². The van der Waals surface area contributed by atoms with Crippen LogP contribution in [0.15, 0.2) is 5.10 Å². The Hall–Kier alpha value is -2.03. The van der Waals surface area contributed by atoms with Crippen LogP contribution in [0, 0.1) is 10.1 Å². The molecule has 0 aromatic carbocycles. The van der Waals surface area contributed by atoms with E-state index < -0.39 is 16.8 Å². The van der Waals surface area contributed by atoms with Crippen LogP contribution in [-0.4, -0.2) is 58.9 Å². The minimum absolute atomic E-state index is 0.113. The summed E-state index contributed by atoms with van der Waals surface area (Å²) < 4.78 is 5.34. The quantitative estimate of drug-likeness (QED) is 0.366. The molecule has 0 aromatic heterocycles. The molecule has 0 saturated carbocycles. The van der Waals surface area contributed by atoms with E-state index in [1.54, 1.807) is 0 Å². The standard InChI is InChI=1S/C9H12N4O5/c1-11-7(14)8(15)12(9(11)10-13(16)17)5-6-3-2-4-18-6/h6H,2-5H2,1H3. The zero-order valence-electron chi connectivity index (χ0n) is 9.74. The van der Waals surface area contributed by atoms with Crippen molar-refractivity contribution < 1.29 is 19.4 Å². The fraction of sp³-hybridized carbons (Fsp3) is 0.667. The van der Waals surface area contributed by atoms with Crippen molar-refractivity contribution >= 4 is 17.8 Å². The van der Waals surface area contributed by atoms with Gasteiger partial charge in [0.2, 0.25) is 0 Å². The minimum Gasteiger partial charge on any atom is -0.376 e. The third kappa shape index (κ3) is 2.16. The van der Waals surface area contributed by atoms with Gasteiger partial charge in [-0.25, -0.2) is 10.1 Å². The van der Waals surface area contributed by atoms with Crippen LogP contribution in [0.2, 0.25) is 0 Å². The number of nitrogens with zero attached hydrogens (tertiary/aromatic N) is 4. The van der Waals surface area contributed by atoms with E-state index in [9.17, 15) is 19.7 Å². The highest BCUT2D eigenvalue weighted by atomic mass is 16.7. The number of nitro groups is 1. The first-order valence-electron chi connectivity index (χ1n) is 5.45. The number of hydrogen-bond donors (Lipinski definition) is 0. The zero-order chi connectivity index (χ0) is 13.3. The lowest BCUT2D eigenvalue weighted by molar-refractivity contribution is -0.486. The molecule has 18 heavy (non-hydrogen) atoms. The number of hydrazone groups is 1. The van der Waals surface area contributed by atoms with Gasteiger partial charge < -0.3 is 4.74 Å². The molecule has 2 saturated heterocycles. The first kappa shape index (κ1) is 12.4. The number of rotatable bonds is 3. The van der Waals surface area contributed by atoms with Crippen LogP contribution in [0.5, 0.6) is 0 Å². The predicted octanol–water partition coefficient (Wildman–Crippen LogP) is -0.986. The van der Waals surface area contributed by atoms with Gasteiger partial charge in [0.15, 0.2) is 5.03 Å². The Morgan fingerprint density at radius 1 is 1.50 bits per heavy atom. The molecule has 0 aromatic rings. The van der Waals surface area contributed by atoms with Gasteiger partial charge in [0.1, 0.15) is 5.10 Å². The second kappa shape index (κ2) is 4.69. The number of carbonyl (C=O) groups is 2. The molecule has 2 aliphatic heterocycles. The zero-order valence-corrected chi connectivity index (χ0v) is 9.74. The first-order valence-corrected chi connectivity index (χ1v) is 5.45. The summed E-state index contributed by atoms with van der Waals surface area (Å²) >= 11 is 0. The van der Waals surface area contributed by atoms with E-state index in [2.05, 4.69) is 5.10 Å². The molecule has 9 heteroatoms. The maximum Gasteiger partial charge on any atom is 0.319 e. The Bertz CT molecular complexity index is 429. The predicted molar refractivity (Wildman–Crippen MR) is 57.9 cm³/mol. The SMILES string of the molecule is CN1C(=O)C(=O)N(CC2CCCO2)C1=N[N+](=O)[O-]. The lowest BCUT2D eigenvalue weighted by Gasteiger charge is -2.18. The van der Waals surface area contributed by atoms with E-state index >= 15 is 0 Å². The molecular weight excluding hydrogens is 244 g/mol. The maximum atomic E-state index is 11.7. The molecule has 2 heterocycles. The number of guanidine groups is 1. The molecule has 0 spiro atoms. The van der Waals surface area contributed by atoms with Gasteiger partial charge in [-0.2, -0.15) is 0 Å². The van der Waals surface area contributed by atoms with E-state index in [0.717, 1.165) is 22.6 Å². The monoisotopic (exact) mass is 256 g/mol. The molecular formula is C9H12N4O5. The second-order valence-electron chi connectivity index (χ2n) is 4.05. The number of carbonyl (C=O) groups excluding carboxylic acids is 2. The van der Waals surface area contributed by atoms with E-state index in [-0.39, 0.29) is 18.6 Å². The summed E-state index contributed by atoms with van der Waals surface area (Å²) in [6, 6.07) is 0. The van der Waals surface area contributed by atoms with Gasteiger partial charge in [0.05, 0.1) is 12.6 Å². The van der Waals surface area contributed by atoms with Crippen molar-refractivity contribution in [3.8, 4) is 0 Å². The summed E-state index contributed by atoms with van der Waals surface area (Å²) in [5.74, 6) is -1.90. The van der Waals surface area contributed by atoms with Crippen molar-refractivity contribution in [2.24, 2.45) is 5.10 Å². The molecule has 2 aliphatic rings. The molecule has 9 nitrogen and oxygen atoms in total. The second-order valence-corrected chi connectivity index (χ2v) is 4.05. The largest absolute Gasteiger partial charge is 0.376 e. The number of hydrogen-bond acceptors (Lipinski definition) is 5. The van der Waals surface area contributed by atoms with Gasteiger partial charge >= 0.3 is 11.8 Å². The van der Waals surface area contributed by atoms with Gasteiger partial charge in [-0.05, 0) is 12.8 Å². The van der Waals surface area contributed by atoms with Crippen LogP contribution >= 0.6 is 0 Å². The summed E-state index contributed by atoms with van der Waals surface area (Å²) in [5.41, 5.74) is 0. The molecule has 2 fully saturated rings. The summed E-state index contributed by atoms with van der Waals surface area (Å²) in [4.78, 5) is 35.4. The molecule has 2 rings (SSSR count). The third-order valence-electron chi connectivity index (χ3n) is 2.86. The maximum absolute atomic E-state index is 11.7. The summed E-state index contributed by atoms with van der Waals surface area (Å²) in [7, 11) is 1.28. The number of ether oxygens (including phenoxy) is 1. The Morgan fingerprint density at radius 3 is 2.78 bits per heavy atom. The van der Waals surface area contributed by atoms with Gasteiger partial charge in [-0.1, -0.05) is 0 Å². The Balaban J connectivity index is 2.20. The molecule has 0 bridgehead atoms. The van der Waals surface area contributed by atoms with E-state index in [0.29, 0.717) is 6.61 Å². The molecule has 1 unspecified atom stereocenters. The Labute approximate surface area is 102 Å². The Kier molecular flexibility index (Phi) is 3.24. The highest BCUT2D eigenvalue weighted by molar-refractivity contribution is 6.45. The fourth-order valence-corrected chi connectivity index (χ4v) is 1.97. The van der Waals surface area contributed by atoms with Crippen LogP contribution in [0.3, 0.4) is 0 Å². The van der Waals surface area contributed by atoms with Crippen molar-refractivity contribution in [1.29, 1.82) is 0 Å². The van der Waals surface area contributed by atoms with Crippen molar-refractivity contribution in [3.63, 3.8) is 0 Å². The number of amides is 2. The van der Waals surface area contributed by atoms with Gasteiger partial charge in [-0.15, -0.1) is 0 Å². The fourth-order valence-electron chi connectivity index (χ4n) is 1.97. The first-order chi connectivity index (χ1) is 8.50. The molecule has 2 amide bonds. The summed E-state index contributed by atoms with van der Waals surface area (Å²) in [6.45, 7) is 0.708. The van der Waals surface area contributed by atoms with E-state index in [4.69, 9.17) is 4.74 Å². The van der Waals surface area contributed by atoms with E-state index in [1.165, 1.54) is 7.05 Å². The normalized spacial score (nSPS) is 26.5. The Morgan fingerprint density at radius 2 is 2.22 bits per heavy atom. The smallest absolute Gasteiger partial charge is 0.319 e. The molecule has 1 atom stereocenters. The van der Waals surface area contributed by atoms with Gasteiger partial charge in [-0.3, -0.25) is 19.4 Å². The van der Waals surface area contributed by atoms with Crippen molar-refractivity contribution in [1.82, 2.24) is 9.80 Å². The average Bonchev–Trinajstić information content (AvgIpc) is 2.88. The van der Waals surface area contributed by atoms with Gasteiger partial charge in [0, 0.05) is 13.7 Å². The van der Waals surface area contributed by atoms with Crippen LogP contribution in [0.4, 0.5) is 0 Å². The lowest BCUT2D eigenvalue weighted by atomic mass is 10.2. The van der Waals surface area contributed by atoms with Crippen LogP contribution in [-0.2, 0) is 14.3 Å². The minimum atomic E-state index is -0.930. The number of likely N-dealkylation sites (N-methyl/N-ethyl adjacent to an activating group) is 1. The third-order valence-corrected chi connectivity index (χ3v) is 2.86. The van der Waals surface area contributed by atoms with Crippen LogP contribution in [0.1, 0.15) is 12.8 Å². The molecule has 0 radical (unpaired) electrons.